The second-order valence-electron chi connectivity index (χ2n) is 12.5. The normalized spacial score (nSPS) is 12.7. The summed E-state index contributed by atoms with van der Waals surface area (Å²) in [6.07, 6.45) is 0.0868. The Kier molecular flexibility index (Phi) is 9.84. The van der Waals surface area contributed by atoms with Crippen LogP contribution < -0.4 is 14.8 Å². The number of carbonyl (C=O) groups is 1. The third-order valence-corrected chi connectivity index (χ3v) is 7.11. The number of ether oxygens (including phenoxy) is 2. The van der Waals surface area contributed by atoms with Crippen molar-refractivity contribution in [2.24, 2.45) is 7.05 Å². The predicted octanol–water partition coefficient (Wildman–Crippen LogP) is 5.22. The molecule has 2 aromatic carbocycles. The molecule has 2 heterocycles. The standard InChI is InChI=1S/C33H37F2N5O6S/c1-32(2,3)46-31(41)37-25(17-19-15-20(34)18-21(35)16-19)28-23(10-9-22(36-28)13-14-33(4,5)42)24-11-12-26(45-7)27-29(24)40(6)38-30(27)39-47(8,43)44/h9-12,15-16,18,25,42H,17H2,1-8H3,(H,37,41)(H,38,39)/t25-/m0/s1. The summed E-state index contributed by atoms with van der Waals surface area (Å²) < 4.78 is 68.0. The summed E-state index contributed by atoms with van der Waals surface area (Å²) in [6, 6.07) is 8.70. The number of halogens is 2. The van der Waals surface area contributed by atoms with Crippen molar-refractivity contribution in [1.82, 2.24) is 20.1 Å². The molecule has 1 amide bonds. The van der Waals surface area contributed by atoms with Crippen LogP contribution in [0.3, 0.4) is 0 Å². The lowest BCUT2D eigenvalue weighted by atomic mass is 9.93. The van der Waals surface area contributed by atoms with Crippen molar-refractivity contribution in [2.45, 2.75) is 58.3 Å². The number of fused-ring (bicyclic) bond motifs is 1. The number of aliphatic hydroxyl groups is 1. The van der Waals surface area contributed by atoms with Crippen LogP contribution in [0.15, 0.2) is 42.5 Å². The van der Waals surface area contributed by atoms with E-state index in [1.54, 1.807) is 52.1 Å². The maximum atomic E-state index is 14.3. The molecule has 0 saturated heterocycles. The first-order chi connectivity index (χ1) is 21.7. The second kappa shape index (κ2) is 13.2. The van der Waals surface area contributed by atoms with Gasteiger partial charge in [0.2, 0.25) is 10.0 Å². The molecule has 1 atom stereocenters. The molecular formula is C33H37F2N5O6S. The predicted molar refractivity (Wildman–Crippen MR) is 174 cm³/mol. The highest BCUT2D eigenvalue weighted by Gasteiger charge is 2.28. The molecule has 0 saturated carbocycles. The molecule has 0 aliphatic heterocycles. The monoisotopic (exact) mass is 669 g/mol. The van der Waals surface area contributed by atoms with Crippen molar-refractivity contribution in [3.05, 3.63) is 71.1 Å². The van der Waals surface area contributed by atoms with Crippen molar-refractivity contribution in [3.8, 4) is 28.7 Å². The first kappa shape index (κ1) is 35.1. The lowest BCUT2D eigenvalue weighted by Crippen LogP contribution is -2.36. The van der Waals surface area contributed by atoms with Gasteiger partial charge in [0.1, 0.15) is 34.3 Å². The number of pyridine rings is 1. The Morgan fingerprint density at radius 2 is 1.70 bits per heavy atom. The van der Waals surface area contributed by atoms with Gasteiger partial charge >= 0.3 is 6.09 Å². The van der Waals surface area contributed by atoms with Crippen LogP contribution in [0.25, 0.3) is 22.0 Å². The van der Waals surface area contributed by atoms with Gasteiger partial charge in [0.25, 0.3) is 0 Å². The molecule has 0 aliphatic carbocycles. The molecule has 0 spiro atoms. The third kappa shape index (κ3) is 9.17. The van der Waals surface area contributed by atoms with Gasteiger partial charge in [-0.15, -0.1) is 0 Å². The van der Waals surface area contributed by atoms with Crippen LogP contribution in [0.4, 0.5) is 19.4 Å². The zero-order valence-electron chi connectivity index (χ0n) is 27.3. The van der Waals surface area contributed by atoms with Crippen molar-refractivity contribution < 1.29 is 36.6 Å². The van der Waals surface area contributed by atoms with Crippen LogP contribution in [-0.2, 0) is 28.2 Å². The van der Waals surface area contributed by atoms with E-state index in [9.17, 15) is 27.1 Å². The van der Waals surface area contributed by atoms with Gasteiger partial charge in [-0.05, 0) is 88.9 Å². The van der Waals surface area contributed by atoms with Crippen LogP contribution >= 0.6 is 0 Å². The molecule has 14 heteroatoms. The molecule has 47 heavy (non-hydrogen) atoms. The molecule has 2 aromatic heterocycles. The fourth-order valence-electron chi connectivity index (χ4n) is 4.91. The van der Waals surface area contributed by atoms with E-state index in [0.717, 1.165) is 24.5 Å². The minimum atomic E-state index is -3.73. The Bertz CT molecular complexity index is 1980. The van der Waals surface area contributed by atoms with E-state index >= 15 is 0 Å². The summed E-state index contributed by atoms with van der Waals surface area (Å²) in [5, 5.41) is 17.8. The lowest BCUT2D eigenvalue weighted by Gasteiger charge is -2.25. The summed E-state index contributed by atoms with van der Waals surface area (Å²) in [7, 11) is -0.662. The molecule has 0 unspecified atom stereocenters. The third-order valence-electron chi connectivity index (χ3n) is 6.55. The molecule has 11 nitrogen and oxygen atoms in total. The number of aromatic nitrogens is 3. The summed E-state index contributed by atoms with van der Waals surface area (Å²) >= 11 is 0. The average molecular weight is 670 g/mol. The number of amides is 1. The fraction of sp³-hybridized carbons (Fsp3) is 0.364. The zero-order valence-corrected chi connectivity index (χ0v) is 28.1. The second-order valence-corrected chi connectivity index (χ2v) is 14.3. The molecule has 4 rings (SSSR count). The number of aryl methyl sites for hydroxylation is 1. The molecule has 0 fully saturated rings. The van der Waals surface area contributed by atoms with E-state index in [1.165, 1.54) is 25.6 Å². The number of anilines is 1. The van der Waals surface area contributed by atoms with E-state index in [1.807, 2.05) is 0 Å². The van der Waals surface area contributed by atoms with Gasteiger partial charge in [-0.3, -0.25) is 9.40 Å². The lowest BCUT2D eigenvalue weighted by molar-refractivity contribution is 0.0502. The molecular weight excluding hydrogens is 632 g/mol. The SMILES string of the molecule is COc1ccc(-c2ccc(C#CC(C)(C)O)nc2[C@H](Cc2cc(F)cc(F)c2)NC(=O)OC(C)(C)C)c2c1c(NS(C)(=O)=O)nn2C. The number of methoxy groups -OCH3 is 1. The van der Waals surface area contributed by atoms with Crippen molar-refractivity contribution in [1.29, 1.82) is 0 Å². The Balaban J connectivity index is 2.03. The molecule has 4 aromatic rings. The van der Waals surface area contributed by atoms with Gasteiger partial charge in [-0.1, -0.05) is 5.92 Å². The van der Waals surface area contributed by atoms with Crippen molar-refractivity contribution in [2.75, 3.05) is 18.1 Å². The molecule has 0 aliphatic rings. The molecule has 250 valence electrons. The minimum Gasteiger partial charge on any atom is -0.496 e. The van der Waals surface area contributed by atoms with Gasteiger partial charge in [0, 0.05) is 24.2 Å². The van der Waals surface area contributed by atoms with Crippen molar-refractivity contribution >= 4 is 32.8 Å². The maximum Gasteiger partial charge on any atom is 0.408 e. The molecule has 0 radical (unpaired) electrons. The Hall–Kier alpha value is -4.74. The number of rotatable bonds is 8. The van der Waals surface area contributed by atoms with Crippen molar-refractivity contribution in [3.63, 3.8) is 0 Å². The summed E-state index contributed by atoms with van der Waals surface area (Å²) in [6.45, 7) is 8.11. The Labute approximate surface area is 272 Å². The highest BCUT2D eigenvalue weighted by atomic mass is 32.2. The van der Waals surface area contributed by atoms with Crippen LogP contribution in [0, 0.1) is 23.5 Å². The quantitative estimate of drug-likeness (QED) is 0.217. The van der Waals surface area contributed by atoms with Crippen LogP contribution in [0.1, 0.15) is 57.6 Å². The minimum absolute atomic E-state index is 0.0320. The Morgan fingerprint density at radius 3 is 2.28 bits per heavy atom. The average Bonchev–Trinajstić information content (AvgIpc) is 3.23. The Morgan fingerprint density at radius 1 is 1.06 bits per heavy atom. The zero-order chi connectivity index (χ0) is 34.9. The summed E-state index contributed by atoms with van der Waals surface area (Å²) in [5.74, 6) is 4.32. The van der Waals surface area contributed by atoms with Gasteiger partial charge in [-0.2, -0.15) is 5.10 Å². The van der Waals surface area contributed by atoms with E-state index < -0.39 is 45.0 Å². The molecule has 0 bridgehead atoms. The van der Waals surface area contributed by atoms with Gasteiger partial charge in [-0.25, -0.2) is 27.0 Å². The number of nitrogens with one attached hydrogen (secondary N) is 2. The van der Waals surface area contributed by atoms with Crippen LogP contribution in [-0.4, -0.2) is 58.9 Å². The van der Waals surface area contributed by atoms with Gasteiger partial charge in [0.15, 0.2) is 5.82 Å². The smallest absolute Gasteiger partial charge is 0.408 e. The van der Waals surface area contributed by atoms with E-state index in [2.05, 4.69) is 27.0 Å². The highest BCUT2D eigenvalue weighted by molar-refractivity contribution is 7.92. The van der Waals surface area contributed by atoms with Crippen LogP contribution in [0.2, 0.25) is 0 Å². The number of sulfonamides is 1. The first-order valence-electron chi connectivity index (χ1n) is 14.5. The van der Waals surface area contributed by atoms with Gasteiger partial charge in [0.05, 0.1) is 36.0 Å². The fourth-order valence-corrected chi connectivity index (χ4v) is 5.40. The molecule has 3 N–H and O–H groups in total. The van der Waals surface area contributed by atoms with E-state index in [4.69, 9.17) is 14.5 Å². The summed E-state index contributed by atoms with van der Waals surface area (Å²) in [5.41, 5.74) is -0.0638. The van der Waals surface area contributed by atoms with E-state index in [-0.39, 0.29) is 29.2 Å². The number of hydrogen-bond acceptors (Lipinski definition) is 8. The first-order valence-corrected chi connectivity index (χ1v) is 16.3. The number of carbonyl (C=O) groups excluding carboxylic acids is 1. The largest absolute Gasteiger partial charge is 0.496 e. The highest BCUT2D eigenvalue weighted by Crippen LogP contribution is 2.41. The maximum absolute atomic E-state index is 14.3. The number of alkyl carbamates (subject to hydrolysis) is 1. The van der Waals surface area contributed by atoms with Crippen LogP contribution in [0.5, 0.6) is 5.75 Å². The number of benzene rings is 2. The van der Waals surface area contributed by atoms with E-state index in [0.29, 0.717) is 27.8 Å². The topological polar surface area (TPSA) is 145 Å². The number of nitrogens with zero attached hydrogens (tertiary/aromatic N) is 3. The number of hydrogen-bond donors (Lipinski definition) is 3. The summed E-state index contributed by atoms with van der Waals surface area (Å²) in [4.78, 5) is 17.9. The van der Waals surface area contributed by atoms with Gasteiger partial charge < -0.3 is 19.9 Å².